The predicted octanol–water partition coefficient (Wildman–Crippen LogP) is 3.95. The Labute approximate surface area is 203 Å². The average Bonchev–Trinajstić information content (AvgIpc) is 2.87. The first kappa shape index (κ1) is 25.4. The minimum Gasteiger partial charge on any atom is -0.493 e. The van der Waals surface area contributed by atoms with Gasteiger partial charge in [-0.1, -0.05) is 24.3 Å². The van der Waals surface area contributed by atoms with E-state index in [0.29, 0.717) is 5.56 Å². The zero-order valence-corrected chi connectivity index (χ0v) is 18.7. The van der Waals surface area contributed by atoms with Crippen LogP contribution in [0.3, 0.4) is 0 Å². The number of nitrogens with one attached hydrogen (secondary N) is 1. The van der Waals surface area contributed by atoms with Gasteiger partial charge in [0, 0.05) is 11.6 Å². The highest BCUT2D eigenvalue weighted by Gasteiger charge is 2.20. The van der Waals surface area contributed by atoms with E-state index >= 15 is 0 Å². The first-order chi connectivity index (χ1) is 17.2. The zero-order chi connectivity index (χ0) is 26.2. The number of ether oxygens (including phenoxy) is 2. The van der Waals surface area contributed by atoms with Crippen LogP contribution in [0.2, 0.25) is 0 Å². The number of nitro benzene ring substituents is 2. The molecule has 0 aromatic heterocycles. The molecule has 0 bridgehead atoms. The third kappa shape index (κ3) is 6.20. The number of non-ortho nitro benzene ring substituents is 1. The van der Waals surface area contributed by atoms with Gasteiger partial charge >= 0.3 is 5.97 Å². The van der Waals surface area contributed by atoms with Crippen LogP contribution in [0.15, 0.2) is 72.4 Å². The van der Waals surface area contributed by atoms with Crippen molar-refractivity contribution in [2.45, 2.75) is 6.61 Å². The molecule has 3 aromatic carbocycles. The third-order valence-electron chi connectivity index (χ3n) is 4.87. The number of carbonyl (C=O) groups excluding carboxylic acids is 1. The maximum atomic E-state index is 12.3. The smallest absolute Gasteiger partial charge is 0.352 e. The Kier molecular flexibility index (Phi) is 7.92. The number of nitro groups is 2. The number of aliphatic carboxylic acids is 1. The molecule has 12 heteroatoms. The topological polar surface area (TPSA) is 171 Å². The Hall–Kier alpha value is -5.26. The lowest BCUT2D eigenvalue weighted by molar-refractivity contribution is -0.394. The fourth-order valence-corrected chi connectivity index (χ4v) is 3.11. The Morgan fingerprint density at radius 1 is 0.972 bits per heavy atom. The van der Waals surface area contributed by atoms with Gasteiger partial charge in [0.05, 0.1) is 28.6 Å². The van der Waals surface area contributed by atoms with E-state index in [1.54, 1.807) is 30.3 Å². The van der Waals surface area contributed by atoms with Gasteiger partial charge in [-0.15, -0.1) is 0 Å². The fourth-order valence-electron chi connectivity index (χ4n) is 3.11. The predicted molar refractivity (Wildman–Crippen MR) is 127 cm³/mol. The zero-order valence-electron chi connectivity index (χ0n) is 18.7. The van der Waals surface area contributed by atoms with Crippen LogP contribution >= 0.6 is 0 Å². The van der Waals surface area contributed by atoms with Crippen molar-refractivity contribution in [3.63, 3.8) is 0 Å². The summed E-state index contributed by atoms with van der Waals surface area (Å²) in [5.41, 5.74) is -0.511. The van der Waals surface area contributed by atoms with E-state index in [2.05, 4.69) is 5.32 Å². The number of rotatable bonds is 10. The molecule has 0 atom stereocenters. The van der Waals surface area contributed by atoms with Crippen LogP contribution in [0.25, 0.3) is 6.08 Å². The lowest BCUT2D eigenvalue weighted by Gasteiger charge is -2.12. The normalized spacial score (nSPS) is 10.9. The van der Waals surface area contributed by atoms with Crippen molar-refractivity contribution in [3.05, 3.63) is 109 Å². The standard InChI is InChI=1S/C24H19N3O9/c1-35-22-12-15(11-19(24(29)30)25-23(28)16-5-3-2-4-6-16)7-10-21(22)36-14-17-8-9-18(26(31)32)13-20(17)27(33)34/h2-13H,14H2,1H3,(H,25,28)(H,29,30)/b19-11+. The van der Waals surface area contributed by atoms with E-state index in [9.17, 15) is 34.9 Å². The first-order valence-corrected chi connectivity index (χ1v) is 10.2. The summed E-state index contributed by atoms with van der Waals surface area (Å²) in [6.07, 6.45) is 1.23. The molecule has 0 saturated heterocycles. The molecular weight excluding hydrogens is 474 g/mol. The van der Waals surface area contributed by atoms with Gasteiger partial charge in [-0.25, -0.2) is 4.79 Å². The van der Waals surface area contributed by atoms with E-state index in [0.717, 1.165) is 12.1 Å². The molecule has 12 nitrogen and oxygen atoms in total. The van der Waals surface area contributed by atoms with Crippen molar-refractivity contribution in [3.8, 4) is 11.5 Å². The second kappa shape index (κ2) is 11.2. The molecule has 0 aliphatic rings. The molecule has 0 aliphatic heterocycles. The summed E-state index contributed by atoms with van der Waals surface area (Å²) < 4.78 is 10.9. The van der Waals surface area contributed by atoms with Crippen molar-refractivity contribution in [2.75, 3.05) is 7.11 Å². The molecular formula is C24H19N3O9. The van der Waals surface area contributed by atoms with Gasteiger partial charge in [0.15, 0.2) is 11.5 Å². The molecule has 0 fully saturated rings. The molecule has 2 N–H and O–H groups in total. The van der Waals surface area contributed by atoms with E-state index in [1.807, 2.05) is 0 Å². The van der Waals surface area contributed by atoms with Crippen LogP contribution in [-0.4, -0.2) is 33.9 Å². The van der Waals surface area contributed by atoms with E-state index in [-0.39, 0.29) is 34.9 Å². The van der Waals surface area contributed by atoms with E-state index in [1.165, 1.54) is 37.5 Å². The number of hydrogen-bond acceptors (Lipinski definition) is 8. The molecule has 1 amide bonds. The van der Waals surface area contributed by atoms with Gasteiger partial charge in [0.2, 0.25) is 0 Å². The molecule has 0 saturated carbocycles. The summed E-state index contributed by atoms with van der Waals surface area (Å²) in [6.45, 7) is -0.284. The number of hydrogen-bond donors (Lipinski definition) is 2. The summed E-state index contributed by atoms with van der Waals surface area (Å²) in [5, 5.41) is 34.1. The SMILES string of the molecule is COc1cc(/C=C(/NC(=O)c2ccccc2)C(=O)O)ccc1OCc1ccc([N+](=O)[O-])cc1[N+](=O)[O-]. The van der Waals surface area contributed by atoms with Crippen molar-refractivity contribution >= 4 is 29.3 Å². The quantitative estimate of drug-likeness (QED) is 0.241. The summed E-state index contributed by atoms with van der Waals surface area (Å²) in [5.74, 6) is -1.58. The lowest BCUT2D eigenvalue weighted by atomic mass is 10.1. The van der Waals surface area contributed by atoms with E-state index in [4.69, 9.17) is 9.47 Å². The number of amides is 1. The number of methoxy groups -OCH3 is 1. The molecule has 0 radical (unpaired) electrons. The van der Waals surface area contributed by atoms with Crippen molar-refractivity contribution in [1.29, 1.82) is 0 Å². The van der Waals surface area contributed by atoms with Gasteiger partial charge in [-0.2, -0.15) is 0 Å². The fraction of sp³-hybridized carbons (Fsp3) is 0.0833. The largest absolute Gasteiger partial charge is 0.493 e. The lowest BCUT2D eigenvalue weighted by Crippen LogP contribution is -2.27. The number of nitrogens with zero attached hydrogens (tertiary/aromatic N) is 2. The van der Waals surface area contributed by atoms with Crippen LogP contribution in [0.5, 0.6) is 11.5 Å². The Morgan fingerprint density at radius 2 is 1.69 bits per heavy atom. The third-order valence-corrected chi connectivity index (χ3v) is 4.87. The molecule has 0 aliphatic carbocycles. The molecule has 3 rings (SSSR count). The molecule has 36 heavy (non-hydrogen) atoms. The Bertz CT molecular complexity index is 1350. The molecule has 3 aromatic rings. The van der Waals surface area contributed by atoms with E-state index < -0.39 is 33.1 Å². The number of carboxylic acid groups (broad SMARTS) is 1. The number of benzene rings is 3. The summed E-state index contributed by atoms with van der Waals surface area (Å²) in [7, 11) is 1.35. The minimum atomic E-state index is -1.36. The molecule has 184 valence electrons. The number of carbonyl (C=O) groups is 2. The number of carboxylic acids is 1. The molecule has 0 heterocycles. The minimum absolute atomic E-state index is 0.105. The van der Waals surface area contributed by atoms with Crippen LogP contribution in [0, 0.1) is 20.2 Å². The maximum Gasteiger partial charge on any atom is 0.352 e. The second-order valence-electron chi connectivity index (χ2n) is 7.21. The summed E-state index contributed by atoms with van der Waals surface area (Å²) in [4.78, 5) is 44.7. The highest BCUT2D eigenvalue weighted by molar-refractivity contribution is 6.02. The van der Waals surface area contributed by atoms with Gasteiger partial charge < -0.3 is 19.9 Å². The van der Waals surface area contributed by atoms with Crippen molar-refractivity contribution in [1.82, 2.24) is 5.32 Å². The highest BCUT2D eigenvalue weighted by Crippen LogP contribution is 2.31. The van der Waals surface area contributed by atoms with Gasteiger partial charge in [-0.3, -0.25) is 25.0 Å². The van der Waals surface area contributed by atoms with Crippen LogP contribution in [0.1, 0.15) is 21.5 Å². The van der Waals surface area contributed by atoms with Crippen LogP contribution in [-0.2, 0) is 11.4 Å². The Morgan fingerprint density at radius 3 is 2.31 bits per heavy atom. The van der Waals surface area contributed by atoms with Gasteiger partial charge in [0.25, 0.3) is 17.3 Å². The van der Waals surface area contributed by atoms with Crippen molar-refractivity contribution in [2.24, 2.45) is 0 Å². The maximum absolute atomic E-state index is 12.3. The van der Waals surface area contributed by atoms with Crippen molar-refractivity contribution < 1.29 is 34.0 Å². The van der Waals surface area contributed by atoms with Gasteiger partial charge in [-0.05, 0) is 42.0 Å². The average molecular weight is 493 g/mol. The molecule has 0 spiro atoms. The van der Waals surface area contributed by atoms with Crippen LogP contribution in [0.4, 0.5) is 11.4 Å². The monoisotopic (exact) mass is 493 g/mol. The highest BCUT2D eigenvalue weighted by atomic mass is 16.6. The first-order valence-electron chi connectivity index (χ1n) is 10.2. The van der Waals surface area contributed by atoms with Gasteiger partial charge in [0.1, 0.15) is 12.3 Å². The summed E-state index contributed by atoms with van der Waals surface area (Å²) >= 11 is 0. The Balaban J connectivity index is 1.82. The van der Waals surface area contributed by atoms with Crippen LogP contribution < -0.4 is 14.8 Å². The summed E-state index contributed by atoms with van der Waals surface area (Å²) in [6, 6.07) is 15.7. The second-order valence-corrected chi connectivity index (χ2v) is 7.21. The molecule has 0 unspecified atom stereocenters.